The van der Waals surface area contributed by atoms with Crippen LogP contribution in [0, 0.1) is 24.1 Å². The van der Waals surface area contributed by atoms with E-state index in [2.05, 4.69) is 10.3 Å². The number of hydrogen-bond donors (Lipinski definition) is 2. The average Bonchev–Trinajstić information content (AvgIpc) is 2.33. The fraction of sp³-hybridized carbons (Fsp3) is 0.0769. The van der Waals surface area contributed by atoms with Gasteiger partial charge < -0.3 is 10.4 Å². The molecule has 1 aromatic carbocycles. The molecule has 0 radical (unpaired) electrons. The molecule has 0 amide bonds. The van der Waals surface area contributed by atoms with E-state index in [1.165, 1.54) is 19.1 Å². The summed E-state index contributed by atoms with van der Waals surface area (Å²) in [6, 6.07) is 9.38. The predicted octanol–water partition coefficient (Wildman–Crippen LogP) is 2.85. The van der Waals surface area contributed by atoms with Crippen molar-refractivity contribution in [1.29, 1.82) is 5.26 Å². The monoisotopic (exact) mass is 243 g/mol. The van der Waals surface area contributed by atoms with Gasteiger partial charge in [-0.05, 0) is 25.1 Å². The van der Waals surface area contributed by atoms with Crippen molar-refractivity contribution in [2.45, 2.75) is 6.92 Å². The number of rotatable bonds is 2. The van der Waals surface area contributed by atoms with Gasteiger partial charge in [0.2, 0.25) is 0 Å². The van der Waals surface area contributed by atoms with Gasteiger partial charge in [0.25, 0.3) is 0 Å². The van der Waals surface area contributed by atoms with Crippen LogP contribution in [0.5, 0.6) is 5.75 Å². The number of nitrogens with one attached hydrogen (secondary N) is 1. The minimum Gasteiger partial charge on any atom is -0.508 e. The number of hydrogen-bond acceptors (Lipinski definition) is 4. The number of aryl methyl sites for hydroxylation is 1. The highest BCUT2D eigenvalue weighted by atomic mass is 19.1. The van der Waals surface area contributed by atoms with Crippen molar-refractivity contribution in [3.63, 3.8) is 0 Å². The van der Waals surface area contributed by atoms with Crippen LogP contribution in [0.3, 0.4) is 0 Å². The molecule has 2 aromatic rings. The Balaban J connectivity index is 2.40. The Kier molecular flexibility index (Phi) is 3.11. The third-order valence-corrected chi connectivity index (χ3v) is 2.38. The number of benzene rings is 1. The Bertz CT molecular complexity index is 635. The van der Waals surface area contributed by atoms with Crippen LogP contribution in [0.4, 0.5) is 15.9 Å². The molecule has 0 aliphatic rings. The summed E-state index contributed by atoms with van der Waals surface area (Å²) >= 11 is 0. The molecular weight excluding hydrogens is 233 g/mol. The molecule has 0 aliphatic carbocycles. The van der Waals surface area contributed by atoms with Gasteiger partial charge in [-0.15, -0.1) is 0 Å². The lowest BCUT2D eigenvalue weighted by molar-refractivity contribution is 0.475. The topological polar surface area (TPSA) is 68.9 Å². The second-order valence-corrected chi connectivity index (χ2v) is 3.74. The first kappa shape index (κ1) is 11.9. The Morgan fingerprint density at radius 3 is 2.83 bits per heavy atom. The van der Waals surface area contributed by atoms with E-state index in [9.17, 15) is 9.50 Å². The fourth-order valence-corrected chi connectivity index (χ4v) is 1.48. The average molecular weight is 243 g/mol. The Morgan fingerprint density at radius 1 is 1.39 bits per heavy atom. The van der Waals surface area contributed by atoms with Crippen molar-refractivity contribution in [3.8, 4) is 11.8 Å². The first-order chi connectivity index (χ1) is 8.60. The van der Waals surface area contributed by atoms with Crippen molar-refractivity contribution in [3.05, 3.63) is 47.4 Å². The molecule has 1 heterocycles. The van der Waals surface area contributed by atoms with Crippen molar-refractivity contribution in [1.82, 2.24) is 4.98 Å². The number of aromatic hydroxyl groups is 1. The number of aromatic nitrogens is 1. The van der Waals surface area contributed by atoms with Gasteiger partial charge in [0.05, 0.1) is 11.3 Å². The summed E-state index contributed by atoms with van der Waals surface area (Å²) in [6.45, 7) is 1.52. The lowest BCUT2D eigenvalue weighted by Crippen LogP contribution is -2.00. The number of halogens is 1. The highest BCUT2D eigenvalue weighted by Crippen LogP contribution is 2.22. The highest BCUT2D eigenvalue weighted by molar-refractivity contribution is 5.63. The molecule has 18 heavy (non-hydrogen) atoms. The molecule has 2 N–H and O–H groups in total. The van der Waals surface area contributed by atoms with Crippen molar-refractivity contribution in [2.75, 3.05) is 5.32 Å². The van der Waals surface area contributed by atoms with E-state index in [1.54, 1.807) is 12.1 Å². The number of pyridine rings is 1. The first-order valence-electron chi connectivity index (χ1n) is 5.23. The van der Waals surface area contributed by atoms with Gasteiger partial charge in [-0.1, -0.05) is 6.07 Å². The summed E-state index contributed by atoms with van der Waals surface area (Å²) in [7, 11) is 0. The third-order valence-electron chi connectivity index (χ3n) is 2.38. The smallest absolute Gasteiger partial charge is 0.148 e. The van der Waals surface area contributed by atoms with Crippen LogP contribution >= 0.6 is 0 Å². The molecule has 5 heteroatoms. The second-order valence-electron chi connectivity index (χ2n) is 3.74. The van der Waals surface area contributed by atoms with Crippen LogP contribution < -0.4 is 5.32 Å². The summed E-state index contributed by atoms with van der Waals surface area (Å²) in [5.74, 6) is -0.160. The zero-order valence-corrected chi connectivity index (χ0v) is 9.61. The fourth-order valence-electron chi connectivity index (χ4n) is 1.48. The Morgan fingerprint density at radius 2 is 2.17 bits per heavy atom. The van der Waals surface area contributed by atoms with Crippen molar-refractivity contribution < 1.29 is 9.50 Å². The molecule has 2 rings (SSSR count). The summed E-state index contributed by atoms with van der Waals surface area (Å²) in [6.07, 6.45) is 0. The molecule has 0 spiro atoms. The van der Waals surface area contributed by atoms with Crippen LogP contribution in [0.15, 0.2) is 30.3 Å². The van der Waals surface area contributed by atoms with E-state index in [4.69, 9.17) is 5.26 Å². The zero-order valence-electron chi connectivity index (χ0n) is 9.61. The van der Waals surface area contributed by atoms with Gasteiger partial charge >= 0.3 is 0 Å². The van der Waals surface area contributed by atoms with E-state index in [0.717, 1.165) is 6.07 Å². The van der Waals surface area contributed by atoms with Crippen LogP contribution in [0.1, 0.15) is 11.3 Å². The SMILES string of the molecule is Cc1nc(Nc2cccc(O)c2)c(C#N)cc1F. The maximum Gasteiger partial charge on any atom is 0.148 e. The summed E-state index contributed by atoms with van der Waals surface area (Å²) < 4.78 is 13.3. The molecule has 0 aliphatic heterocycles. The molecule has 0 saturated carbocycles. The van der Waals surface area contributed by atoms with Gasteiger partial charge in [0, 0.05) is 11.8 Å². The summed E-state index contributed by atoms with van der Waals surface area (Å²) in [4.78, 5) is 3.98. The largest absolute Gasteiger partial charge is 0.508 e. The summed E-state index contributed by atoms with van der Waals surface area (Å²) in [5, 5.41) is 21.1. The first-order valence-corrected chi connectivity index (χ1v) is 5.23. The van der Waals surface area contributed by atoms with Gasteiger partial charge in [-0.25, -0.2) is 9.37 Å². The minimum absolute atomic E-state index is 0.0948. The second kappa shape index (κ2) is 4.72. The van der Waals surface area contributed by atoms with Crippen LogP contribution in [-0.4, -0.2) is 10.1 Å². The van der Waals surface area contributed by atoms with Crippen LogP contribution in [0.2, 0.25) is 0 Å². The van der Waals surface area contributed by atoms with E-state index in [0.29, 0.717) is 5.69 Å². The van der Waals surface area contributed by atoms with Gasteiger partial charge in [0.15, 0.2) is 0 Å². The molecule has 0 atom stereocenters. The number of anilines is 2. The minimum atomic E-state index is -0.520. The normalized spacial score (nSPS) is 9.83. The highest BCUT2D eigenvalue weighted by Gasteiger charge is 2.09. The molecule has 0 unspecified atom stereocenters. The third kappa shape index (κ3) is 2.38. The molecule has 0 saturated heterocycles. The Labute approximate surface area is 103 Å². The standard InChI is InChI=1S/C13H10FN3O/c1-8-12(14)5-9(7-15)13(16-8)17-10-3-2-4-11(18)6-10/h2-6,18H,1H3,(H,16,17). The molecule has 0 fully saturated rings. The van der Waals surface area contributed by atoms with E-state index in [-0.39, 0.29) is 22.8 Å². The van der Waals surface area contributed by atoms with Gasteiger partial charge in [0.1, 0.15) is 23.5 Å². The molecular formula is C13H10FN3O. The number of nitrogens with zero attached hydrogens (tertiary/aromatic N) is 2. The number of nitriles is 1. The molecule has 90 valence electrons. The van der Waals surface area contributed by atoms with Crippen molar-refractivity contribution in [2.24, 2.45) is 0 Å². The lowest BCUT2D eigenvalue weighted by atomic mass is 10.2. The Hall–Kier alpha value is -2.61. The number of phenolic OH excluding ortho intramolecular Hbond substituents is 1. The van der Waals surface area contributed by atoms with E-state index in [1.807, 2.05) is 6.07 Å². The molecule has 1 aromatic heterocycles. The number of phenols is 1. The van der Waals surface area contributed by atoms with Crippen molar-refractivity contribution >= 4 is 11.5 Å². The van der Waals surface area contributed by atoms with E-state index >= 15 is 0 Å². The molecule has 4 nitrogen and oxygen atoms in total. The summed E-state index contributed by atoms with van der Waals surface area (Å²) in [5.41, 5.74) is 0.892. The van der Waals surface area contributed by atoms with Crippen LogP contribution in [0.25, 0.3) is 0 Å². The van der Waals surface area contributed by atoms with Crippen LogP contribution in [-0.2, 0) is 0 Å². The zero-order chi connectivity index (χ0) is 13.1. The predicted molar refractivity (Wildman–Crippen MR) is 65.0 cm³/mol. The quantitative estimate of drug-likeness (QED) is 0.850. The maximum absolute atomic E-state index is 13.3. The van der Waals surface area contributed by atoms with E-state index < -0.39 is 5.82 Å². The molecule has 0 bridgehead atoms. The lowest BCUT2D eigenvalue weighted by Gasteiger charge is -2.08. The van der Waals surface area contributed by atoms with Gasteiger partial charge in [-0.2, -0.15) is 5.26 Å². The van der Waals surface area contributed by atoms with Gasteiger partial charge in [-0.3, -0.25) is 0 Å². The maximum atomic E-state index is 13.3.